The lowest BCUT2D eigenvalue weighted by atomic mass is 10.0. The van der Waals surface area contributed by atoms with Crippen molar-refractivity contribution in [3.8, 4) is 33.8 Å². The molecule has 1 aromatic carbocycles. The monoisotopic (exact) mass is 476 g/mol. The predicted molar refractivity (Wildman–Crippen MR) is 140 cm³/mol. The number of nitrogens with zero attached hydrogens (tertiary/aromatic N) is 3. The third-order valence-electron chi connectivity index (χ3n) is 6.23. The number of pyridine rings is 2. The summed E-state index contributed by atoms with van der Waals surface area (Å²) >= 11 is 0. The van der Waals surface area contributed by atoms with Gasteiger partial charge in [-0.25, -0.2) is 4.98 Å². The number of fused-ring (bicyclic) bond motifs is 2. The maximum atomic E-state index is 12.2. The Morgan fingerprint density at radius 3 is 2.86 bits per heavy atom. The third kappa shape index (κ3) is 4.02. The zero-order valence-corrected chi connectivity index (χ0v) is 19.7. The van der Waals surface area contributed by atoms with Gasteiger partial charge < -0.3 is 14.7 Å². The number of carbonyl (C=O) groups is 1. The summed E-state index contributed by atoms with van der Waals surface area (Å²) in [4.78, 5) is 24.9. The van der Waals surface area contributed by atoms with Crippen LogP contribution in [0.5, 0.6) is 0 Å². The highest BCUT2D eigenvalue weighted by atomic mass is 16.3. The number of carbonyl (C=O) groups excluding carboxylic acids is 1. The van der Waals surface area contributed by atoms with Crippen LogP contribution in [-0.2, 0) is 4.79 Å². The molecule has 3 N–H and O–H groups in total. The summed E-state index contributed by atoms with van der Waals surface area (Å²) in [6.07, 6.45) is 9.15. The molecule has 36 heavy (non-hydrogen) atoms. The summed E-state index contributed by atoms with van der Waals surface area (Å²) in [5, 5.41) is 11.7. The second-order valence-corrected chi connectivity index (χ2v) is 8.74. The van der Waals surface area contributed by atoms with E-state index in [-0.39, 0.29) is 5.91 Å². The maximum absolute atomic E-state index is 12.2. The quantitative estimate of drug-likeness (QED) is 0.242. The summed E-state index contributed by atoms with van der Waals surface area (Å²) in [6, 6.07) is 16.0. The summed E-state index contributed by atoms with van der Waals surface area (Å²) in [5.74, 6) is -0.00932. The number of anilines is 1. The van der Waals surface area contributed by atoms with Gasteiger partial charge in [-0.15, -0.1) is 0 Å². The molecule has 0 aliphatic rings. The van der Waals surface area contributed by atoms with Crippen LogP contribution < -0.4 is 5.32 Å². The molecule has 0 spiro atoms. The summed E-state index contributed by atoms with van der Waals surface area (Å²) in [7, 11) is 0. The minimum Gasteiger partial charge on any atom is -0.472 e. The van der Waals surface area contributed by atoms with Crippen molar-refractivity contribution in [3.63, 3.8) is 0 Å². The molecule has 0 saturated heterocycles. The van der Waals surface area contributed by atoms with Crippen molar-refractivity contribution in [3.05, 3.63) is 73.5 Å². The fourth-order valence-corrected chi connectivity index (χ4v) is 4.41. The van der Waals surface area contributed by atoms with Gasteiger partial charge >= 0.3 is 0 Å². The normalized spacial score (nSPS) is 11.4. The van der Waals surface area contributed by atoms with Gasteiger partial charge in [0.15, 0.2) is 0 Å². The number of furan rings is 1. The largest absolute Gasteiger partial charge is 0.472 e. The number of amides is 1. The fraction of sp³-hybridized carbons (Fsp3) is 0.143. The van der Waals surface area contributed by atoms with Gasteiger partial charge in [0, 0.05) is 34.6 Å². The molecule has 8 nitrogen and oxygen atoms in total. The Balaban J connectivity index is 1.37. The SMILES string of the molecule is CCCCC(=O)Nc1cncc(-c2ccc3[nH]nc(-c4cc5c(-c6ccoc6)cccc5[nH]4)c3n2)c1. The van der Waals surface area contributed by atoms with Crippen LogP contribution in [0.3, 0.4) is 0 Å². The molecule has 0 unspecified atom stereocenters. The zero-order chi connectivity index (χ0) is 24.5. The molecule has 5 aromatic heterocycles. The van der Waals surface area contributed by atoms with Crippen molar-refractivity contribution in [2.75, 3.05) is 5.32 Å². The highest BCUT2D eigenvalue weighted by Gasteiger charge is 2.16. The molecule has 0 aliphatic carbocycles. The van der Waals surface area contributed by atoms with Gasteiger partial charge in [0.1, 0.15) is 11.2 Å². The summed E-state index contributed by atoms with van der Waals surface area (Å²) in [6.45, 7) is 2.07. The van der Waals surface area contributed by atoms with E-state index in [2.05, 4.69) is 44.5 Å². The molecule has 0 radical (unpaired) electrons. The number of aromatic amines is 2. The zero-order valence-electron chi connectivity index (χ0n) is 19.7. The van der Waals surface area contributed by atoms with Crippen LogP contribution in [0.2, 0.25) is 0 Å². The number of hydrogen-bond acceptors (Lipinski definition) is 5. The number of rotatable bonds is 7. The van der Waals surface area contributed by atoms with Crippen molar-refractivity contribution < 1.29 is 9.21 Å². The first kappa shape index (κ1) is 21.8. The Morgan fingerprint density at radius 2 is 2.00 bits per heavy atom. The van der Waals surface area contributed by atoms with Gasteiger partial charge in [0.2, 0.25) is 5.91 Å². The Kier molecular flexibility index (Phi) is 5.53. The van der Waals surface area contributed by atoms with Crippen LogP contribution >= 0.6 is 0 Å². The van der Waals surface area contributed by atoms with E-state index in [0.717, 1.165) is 68.6 Å². The molecule has 0 aliphatic heterocycles. The predicted octanol–water partition coefficient (Wildman–Crippen LogP) is 6.56. The van der Waals surface area contributed by atoms with Crippen molar-refractivity contribution in [2.24, 2.45) is 0 Å². The van der Waals surface area contributed by atoms with Gasteiger partial charge in [0.25, 0.3) is 0 Å². The lowest BCUT2D eigenvalue weighted by Gasteiger charge is -2.07. The molecule has 0 saturated carbocycles. The second kappa shape index (κ2) is 9.14. The average Bonchev–Trinajstić information content (AvgIpc) is 3.66. The molecule has 0 atom stereocenters. The summed E-state index contributed by atoms with van der Waals surface area (Å²) in [5.41, 5.74) is 8.52. The smallest absolute Gasteiger partial charge is 0.224 e. The third-order valence-corrected chi connectivity index (χ3v) is 6.23. The topological polar surface area (TPSA) is 112 Å². The molecular weight excluding hydrogens is 452 g/mol. The van der Waals surface area contributed by atoms with Crippen molar-refractivity contribution in [2.45, 2.75) is 26.2 Å². The van der Waals surface area contributed by atoms with Crippen molar-refractivity contribution in [1.29, 1.82) is 0 Å². The highest BCUT2D eigenvalue weighted by Crippen LogP contribution is 2.34. The minimum absolute atomic E-state index is 0.00932. The fourth-order valence-electron chi connectivity index (χ4n) is 4.41. The maximum Gasteiger partial charge on any atom is 0.224 e. The molecule has 0 fully saturated rings. The number of nitrogens with one attached hydrogen (secondary N) is 3. The van der Waals surface area contributed by atoms with Gasteiger partial charge in [-0.05, 0) is 48.4 Å². The van der Waals surface area contributed by atoms with Crippen LogP contribution in [0.4, 0.5) is 5.69 Å². The van der Waals surface area contributed by atoms with E-state index in [1.165, 1.54) is 0 Å². The van der Waals surface area contributed by atoms with E-state index in [1.54, 1.807) is 24.9 Å². The number of aromatic nitrogens is 5. The van der Waals surface area contributed by atoms with E-state index in [1.807, 2.05) is 36.4 Å². The molecule has 6 aromatic rings. The summed E-state index contributed by atoms with van der Waals surface area (Å²) < 4.78 is 5.29. The number of benzene rings is 1. The first-order valence-corrected chi connectivity index (χ1v) is 11.9. The highest BCUT2D eigenvalue weighted by molar-refractivity contribution is 6.00. The van der Waals surface area contributed by atoms with Gasteiger partial charge in [-0.2, -0.15) is 5.10 Å². The van der Waals surface area contributed by atoms with E-state index >= 15 is 0 Å². The van der Waals surface area contributed by atoms with Gasteiger partial charge in [-0.3, -0.25) is 14.9 Å². The standard InChI is InChI=1S/C28H24N6O2/c1-2-3-7-26(35)30-19-12-18(14-29-15-19)22-8-9-24-27(32-22)28(34-33-24)25-13-21-20(17-10-11-36-16-17)5-4-6-23(21)31-25/h4-6,8-16,31H,2-3,7H2,1H3,(H,30,35)(H,33,34). The Bertz CT molecular complexity index is 1680. The van der Waals surface area contributed by atoms with Crippen molar-refractivity contribution in [1.82, 2.24) is 25.1 Å². The Labute approximate surface area is 206 Å². The number of H-pyrrole nitrogens is 2. The molecule has 5 heterocycles. The van der Waals surface area contributed by atoms with Gasteiger partial charge in [-0.1, -0.05) is 25.5 Å². The van der Waals surface area contributed by atoms with Crippen LogP contribution in [0, 0.1) is 0 Å². The molecule has 1 amide bonds. The second-order valence-electron chi connectivity index (χ2n) is 8.74. The molecular formula is C28H24N6O2. The molecule has 8 heteroatoms. The van der Waals surface area contributed by atoms with Crippen LogP contribution in [0.1, 0.15) is 26.2 Å². The lowest BCUT2D eigenvalue weighted by molar-refractivity contribution is -0.116. The average molecular weight is 477 g/mol. The lowest BCUT2D eigenvalue weighted by Crippen LogP contribution is -2.11. The minimum atomic E-state index is -0.00932. The molecule has 178 valence electrons. The molecule has 0 bridgehead atoms. The molecule has 6 rings (SSSR count). The van der Waals surface area contributed by atoms with Crippen LogP contribution in [-0.4, -0.2) is 31.1 Å². The van der Waals surface area contributed by atoms with E-state index in [0.29, 0.717) is 12.1 Å². The van der Waals surface area contributed by atoms with Gasteiger partial charge in [0.05, 0.1) is 41.3 Å². The van der Waals surface area contributed by atoms with Crippen molar-refractivity contribution >= 4 is 33.5 Å². The van der Waals surface area contributed by atoms with E-state index < -0.39 is 0 Å². The first-order chi connectivity index (χ1) is 17.7. The number of hydrogen-bond donors (Lipinski definition) is 3. The Morgan fingerprint density at radius 1 is 1.06 bits per heavy atom. The van der Waals surface area contributed by atoms with Crippen LogP contribution in [0.15, 0.2) is 77.9 Å². The van der Waals surface area contributed by atoms with E-state index in [4.69, 9.17) is 9.40 Å². The van der Waals surface area contributed by atoms with E-state index in [9.17, 15) is 4.79 Å². The first-order valence-electron chi connectivity index (χ1n) is 11.9. The van der Waals surface area contributed by atoms with Crippen LogP contribution in [0.25, 0.3) is 55.7 Å². The Hall–Kier alpha value is -4.72. The number of unbranched alkanes of at least 4 members (excludes halogenated alkanes) is 1.